The van der Waals surface area contributed by atoms with Gasteiger partial charge in [0.05, 0.1) is 19.2 Å². The number of benzene rings is 2. The summed E-state index contributed by atoms with van der Waals surface area (Å²) in [5, 5.41) is 3.35. The van der Waals surface area contributed by atoms with Crippen LogP contribution in [0, 0.1) is 0 Å². The molecule has 0 aromatic heterocycles. The first-order chi connectivity index (χ1) is 11.8. The molecule has 0 saturated carbocycles. The topological polar surface area (TPSA) is 59.6 Å². The van der Waals surface area contributed by atoms with Crippen molar-refractivity contribution in [3.63, 3.8) is 0 Å². The number of fused-ring (bicyclic) bond motifs is 2. The summed E-state index contributed by atoms with van der Waals surface area (Å²) < 4.78 is 5.69. The highest BCUT2D eigenvalue weighted by atomic mass is 127. The SMILES string of the molecule is I.NC(=NCc1ccc2c(c1)CCC2)NC1CCOc2ccccc21. The van der Waals surface area contributed by atoms with Crippen LogP contribution in [0.2, 0.25) is 0 Å². The van der Waals surface area contributed by atoms with Crippen molar-refractivity contribution in [2.24, 2.45) is 10.7 Å². The average Bonchev–Trinajstić information content (AvgIpc) is 3.08. The zero-order valence-corrected chi connectivity index (χ0v) is 16.5. The first-order valence-corrected chi connectivity index (χ1v) is 8.68. The molecule has 0 amide bonds. The number of nitrogens with zero attached hydrogens (tertiary/aromatic N) is 1. The summed E-state index contributed by atoms with van der Waals surface area (Å²) in [6.45, 7) is 1.32. The largest absolute Gasteiger partial charge is 0.493 e. The van der Waals surface area contributed by atoms with Crippen LogP contribution in [0.3, 0.4) is 0 Å². The Morgan fingerprint density at radius 2 is 2.00 bits per heavy atom. The summed E-state index contributed by atoms with van der Waals surface area (Å²) in [5.41, 5.74) is 11.5. The van der Waals surface area contributed by atoms with Gasteiger partial charge in [-0.25, -0.2) is 4.99 Å². The summed E-state index contributed by atoms with van der Waals surface area (Å²) in [6.07, 6.45) is 4.58. The molecule has 25 heavy (non-hydrogen) atoms. The third-order valence-corrected chi connectivity index (χ3v) is 4.88. The van der Waals surface area contributed by atoms with Crippen LogP contribution in [-0.2, 0) is 19.4 Å². The number of aryl methyl sites for hydroxylation is 2. The summed E-state index contributed by atoms with van der Waals surface area (Å²) in [4.78, 5) is 4.53. The molecule has 1 aliphatic carbocycles. The highest BCUT2D eigenvalue weighted by Crippen LogP contribution is 2.31. The first kappa shape index (κ1) is 18.0. The molecule has 1 unspecified atom stereocenters. The van der Waals surface area contributed by atoms with Crippen molar-refractivity contribution >= 4 is 29.9 Å². The number of hydrogen-bond acceptors (Lipinski definition) is 2. The number of nitrogens with one attached hydrogen (secondary N) is 1. The van der Waals surface area contributed by atoms with Crippen molar-refractivity contribution in [3.05, 3.63) is 64.7 Å². The molecule has 2 aliphatic rings. The Kier molecular flexibility index (Phi) is 5.83. The third-order valence-electron chi connectivity index (χ3n) is 4.88. The second kappa shape index (κ2) is 8.08. The van der Waals surface area contributed by atoms with Gasteiger partial charge in [-0.15, -0.1) is 24.0 Å². The summed E-state index contributed by atoms with van der Waals surface area (Å²) in [6, 6.07) is 15.0. The molecule has 5 heteroatoms. The van der Waals surface area contributed by atoms with Crippen molar-refractivity contribution in [2.45, 2.75) is 38.3 Å². The second-order valence-electron chi connectivity index (χ2n) is 6.53. The molecular weight excluding hydrogens is 425 g/mol. The molecule has 0 saturated heterocycles. The lowest BCUT2D eigenvalue weighted by Crippen LogP contribution is -2.37. The van der Waals surface area contributed by atoms with Gasteiger partial charge in [-0.3, -0.25) is 0 Å². The van der Waals surface area contributed by atoms with E-state index in [1.165, 1.54) is 36.0 Å². The molecule has 0 radical (unpaired) electrons. The molecule has 3 N–H and O–H groups in total. The van der Waals surface area contributed by atoms with Crippen LogP contribution in [0.25, 0.3) is 0 Å². The molecule has 0 bridgehead atoms. The minimum absolute atomic E-state index is 0. The molecule has 4 rings (SSSR count). The maximum absolute atomic E-state index is 6.12. The van der Waals surface area contributed by atoms with Gasteiger partial charge in [0, 0.05) is 12.0 Å². The van der Waals surface area contributed by atoms with Crippen molar-refractivity contribution in [1.29, 1.82) is 0 Å². The molecule has 1 heterocycles. The predicted molar refractivity (Wildman–Crippen MR) is 112 cm³/mol. The van der Waals surface area contributed by atoms with Crippen molar-refractivity contribution in [1.82, 2.24) is 5.32 Å². The van der Waals surface area contributed by atoms with Crippen LogP contribution in [0.15, 0.2) is 47.5 Å². The number of rotatable bonds is 3. The number of para-hydroxylation sites is 1. The number of nitrogens with two attached hydrogens (primary N) is 1. The van der Waals surface area contributed by atoms with Gasteiger partial charge in [0.25, 0.3) is 0 Å². The van der Waals surface area contributed by atoms with Crippen LogP contribution in [0.1, 0.15) is 41.1 Å². The van der Waals surface area contributed by atoms with Gasteiger partial charge < -0.3 is 15.8 Å². The van der Waals surface area contributed by atoms with Crippen molar-refractivity contribution < 1.29 is 4.74 Å². The maximum Gasteiger partial charge on any atom is 0.189 e. The highest BCUT2D eigenvalue weighted by Gasteiger charge is 2.21. The van der Waals surface area contributed by atoms with Gasteiger partial charge in [0.15, 0.2) is 5.96 Å². The van der Waals surface area contributed by atoms with E-state index in [9.17, 15) is 0 Å². The van der Waals surface area contributed by atoms with E-state index in [-0.39, 0.29) is 30.0 Å². The Bertz CT molecular complexity index is 775. The number of guanidine groups is 1. The van der Waals surface area contributed by atoms with E-state index in [0.29, 0.717) is 19.1 Å². The number of halogens is 1. The Hall–Kier alpha value is -1.76. The number of hydrogen-bond donors (Lipinski definition) is 2. The first-order valence-electron chi connectivity index (χ1n) is 8.68. The smallest absolute Gasteiger partial charge is 0.189 e. The minimum atomic E-state index is 0. The molecule has 132 valence electrons. The maximum atomic E-state index is 6.12. The van der Waals surface area contributed by atoms with Gasteiger partial charge in [0.2, 0.25) is 0 Å². The van der Waals surface area contributed by atoms with E-state index >= 15 is 0 Å². The van der Waals surface area contributed by atoms with E-state index in [4.69, 9.17) is 10.5 Å². The van der Waals surface area contributed by atoms with Crippen molar-refractivity contribution in [2.75, 3.05) is 6.61 Å². The Balaban J connectivity index is 0.00000182. The lowest BCUT2D eigenvalue weighted by atomic mass is 10.0. The molecular formula is C20H24IN3O. The Morgan fingerprint density at radius 1 is 1.16 bits per heavy atom. The molecule has 0 spiro atoms. The lowest BCUT2D eigenvalue weighted by molar-refractivity contribution is 0.262. The van der Waals surface area contributed by atoms with Crippen LogP contribution in [0.5, 0.6) is 5.75 Å². The molecule has 1 atom stereocenters. The highest BCUT2D eigenvalue weighted by molar-refractivity contribution is 14.0. The molecule has 2 aromatic rings. The summed E-state index contributed by atoms with van der Waals surface area (Å²) in [5.74, 6) is 1.44. The normalized spacial score (nSPS) is 18.6. The average molecular weight is 449 g/mol. The molecule has 4 nitrogen and oxygen atoms in total. The van der Waals surface area contributed by atoms with E-state index in [1.54, 1.807) is 0 Å². The van der Waals surface area contributed by atoms with E-state index in [2.05, 4.69) is 34.6 Å². The number of aliphatic imine (C=N–C) groups is 1. The third kappa shape index (κ3) is 4.08. The van der Waals surface area contributed by atoms with Gasteiger partial charge >= 0.3 is 0 Å². The summed E-state index contributed by atoms with van der Waals surface area (Å²) >= 11 is 0. The van der Waals surface area contributed by atoms with Gasteiger partial charge in [0.1, 0.15) is 5.75 Å². The molecule has 1 aliphatic heterocycles. The van der Waals surface area contributed by atoms with Gasteiger partial charge in [-0.05, 0) is 42.0 Å². The summed E-state index contributed by atoms with van der Waals surface area (Å²) in [7, 11) is 0. The molecule has 0 fully saturated rings. The standard InChI is InChI=1S/C20H23N3O.HI/c21-20(22-13-14-8-9-15-4-3-5-16(15)12-14)23-18-10-11-24-19-7-2-1-6-17(18)19;/h1-2,6-9,12,18H,3-5,10-11,13H2,(H3,21,22,23);1H. The zero-order valence-electron chi connectivity index (χ0n) is 14.2. The Morgan fingerprint density at radius 3 is 2.92 bits per heavy atom. The minimum Gasteiger partial charge on any atom is -0.493 e. The van der Waals surface area contributed by atoms with Gasteiger partial charge in [-0.1, -0.05) is 36.4 Å². The second-order valence-corrected chi connectivity index (χ2v) is 6.53. The van der Waals surface area contributed by atoms with Gasteiger partial charge in [-0.2, -0.15) is 0 Å². The van der Waals surface area contributed by atoms with Crippen LogP contribution in [0.4, 0.5) is 0 Å². The number of ether oxygens (including phenoxy) is 1. The lowest BCUT2D eigenvalue weighted by Gasteiger charge is -2.26. The van der Waals surface area contributed by atoms with Crippen LogP contribution >= 0.6 is 24.0 Å². The van der Waals surface area contributed by atoms with E-state index in [0.717, 1.165) is 17.7 Å². The fourth-order valence-corrected chi connectivity index (χ4v) is 3.62. The van der Waals surface area contributed by atoms with Crippen molar-refractivity contribution in [3.8, 4) is 5.75 Å². The molecule has 2 aromatic carbocycles. The quantitative estimate of drug-likeness (QED) is 0.427. The fourth-order valence-electron chi connectivity index (χ4n) is 3.62. The van der Waals surface area contributed by atoms with Crippen LogP contribution in [-0.4, -0.2) is 12.6 Å². The van der Waals surface area contributed by atoms with E-state index in [1.807, 2.05) is 18.2 Å². The fraction of sp³-hybridized carbons (Fsp3) is 0.350. The van der Waals surface area contributed by atoms with Crippen LogP contribution < -0.4 is 15.8 Å². The zero-order chi connectivity index (χ0) is 16.4. The monoisotopic (exact) mass is 449 g/mol. The Labute approximate surface area is 165 Å². The van der Waals surface area contributed by atoms with E-state index < -0.39 is 0 Å². The predicted octanol–water partition coefficient (Wildman–Crippen LogP) is 3.72.